The average Bonchev–Trinajstić information content (AvgIpc) is 3.06. The molecule has 2 aromatic heterocycles. The fourth-order valence-electron chi connectivity index (χ4n) is 2.86. The third-order valence-corrected chi connectivity index (χ3v) is 4.07. The molecule has 2 aromatic rings. The van der Waals surface area contributed by atoms with Crippen LogP contribution in [0, 0.1) is 0 Å². The van der Waals surface area contributed by atoms with Crippen LogP contribution in [0.3, 0.4) is 0 Å². The first-order chi connectivity index (χ1) is 9.34. The highest BCUT2D eigenvalue weighted by molar-refractivity contribution is 5.45. The minimum Gasteiger partial charge on any atom is -0.461 e. The number of hydrogen-bond acceptors (Lipinski definition) is 5. The SMILES string of the molecule is NCC1(c2nc(-c3ccco3)no2)CCCCCC1. The second-order valence-corrected chi connectivity index (χ2v) is 5.30. The predicted octanol–water partition coefficient (Wildman–Crippen LogP) is 2.88. The number of nitrogens with zero attached hydrogens (tertiary/aromatic N) is 2. The van der Waals surface area contributed by atoms with Crippen molar-refractivity contribution in [2.24, 2.45) is 5.73 Å². The van der Waals surface area contributed by atoms with Crippen LogP contribution in [0.1, 0.15) is 44.4 Å². The molecule has 0 radical (unpaired) electrons. The molecule has 0 spiro atoms. The summed E-state index contributed by atoms with van der Waals surface area (Å²) in [6.45, 7) is 0.562. The van der Waals surface area contributed by atoms with Gasteiger partial charge in [-0.1, -0.05) is 30.8 Å². The van der Waals surface area contributed by atoms with Gasteiger partial charge in [-0.05, 0) is 25.0 Å². The van der Waals surface area contributed by atoms with E-state index in [-0.39, 0.29) is 5.41 Å². The van der Waals surface area contributed by atoms with E-state index in [9.17, 15) is 0 Å². The molecule has 1 fully saturated rings. The third-order valence-electron chi connectivity index (χ3n) is 4.07. The van der Waals surface area contributed by atoms with E-state index in [4.69, 9.17) is 14.7 Å². The van der Waals surface area contributed by atoms with Crippen molar-refractivity contribution in [3.8, 4) is 11.6 Å². The van der Waals surface area contributed by atoms with Gasteiger partial charge in [0, 0.05) is 6.54 Å². The molecule has 1 aliphatic rings. The van der Waals surface area contributed by atoms with Crippen LogP contribution in [0.25, 0.3) is 11.6 Å². The molecule has 0 unspecified atom stereocenters. The van der Waals surface area contributed by atoms with Crippen molar-refractivity contribution in [2.45, 2.75) is 43.9 Å². The second-order valence-electron chi connectivity index (χ2n) is 5.30. The molecular weight excluding hydrogens is 242 g/mol. The summed E-state index contributed by atoms with van der Waals surface area (Å²) >= 11 is 0. The molecule has 19 heavy (non-hydrogen) atoms. The van der Waals surface area contributed by atoms with Gasteiger partial charge >= 0.3 is 0 Å². The van der Waals surface area contributed by atoms with Crippen molar-refractivity contribution in [3.63, 3.8) is 0 Å². The number of rotatable bonds is 3. The fourth-order valence-corrected chi connectivity index (χ4v) is 2.86. The van der Waals surface area contributed by atoms with Crippen LogP contribution in [0.5, 0.6) is 0 Å². The zero-order valence-corrected chi connectivity index (χ0v) is 11.0. The van der Waals surface area contributed by atoms with E-state index in [1.54, 1.807) is 6.26 Å². The summed E-state index contributed by atoms with van der Waals surface area (Å²) < 4.78 is 10.8. The lowest BCUT2D eigenvalue weighted by Crippen LogP contribution is -2.35. The van der Waals surface area contributed by atoms with Gasteiger partial charge in [-0.15, -0.1) is 0 Å². The maximum Gasteiger partial charge on any atom is 0.238 e. The van der Waals surface area contributed by atoms with E-state index < -0.39 is 0 Å². The lowest BCUT2D eigenvalue weighted by molar-refractivity contribution is 0.257. The Morgan fingerprint density at radius 1 is 1.21 bits per heavy atom. The lowest BCUT2D eigenvalue weighted by Gasteiger charge is -2.26. The summed E-state index contributed by atoms with van der Waals surface area (Å²) in [7, 11) is 0. The highest BCUT2D eigenvalue weighted by atomic mass is 16.5. The van der Waals surface area contributed by atoms with Crippen molar-refractivity contribution in [2.75, 3.05) is 6.54 Å². The summed E-state index contributed by atoms with van der Waals surface area (Å²) in [6.07, 6.45) is 8.55. The zero-order valence-electron chi connectivity index (χ0n) is 11.0. The van der Waals surface area contributed by atoms with Crippen LogP contribution in [-0.4, -0.2) is 16.7 Å². The van der Waals surface area contributed by atoms with E-state index in [1.807, 2.05) is 12.1 Å². The molecule has 1 aliphatic carbocycles. The van der Waals surface area contributed by atoms with Crippen LogP contribution >= 0.6 is 0 Å². The Bertz CT molecular complexity index is 511. The number of furan rings is 1. The molecule has 1 saturated carbocycles. The van der Waals surface area contributed by atoms with Crippen molar-refractivity contribution in [1.29, 1.82) is 0 Å². The first-order valence-corrected chi connectivity index (χ1v) is 6.92. The minimum absolute atomic E-state index is 0.145. The minimum atomic E-state index is -0.145. The maximum atomic E-state index is 6.02. The van der Waals surface area contributed by atoms with Gasteiger partial charge in [-0.2, -0.15) is 4.98 Å². The van der Waals surface area contributed by atoms with Gasteiger partial charge in [-0.3, -0.25) is 0 Å². The Balaban J connectivity index is 1.91. The van der Waals surface area contributed by atoms with Crippen LogP contribution in [0.4, 0.5) is 0 Å². The van der Waals surface area contributed by atoms with Crippen LogP contribution in [-0.2, 0) is 5.41 Å². The molecule has 5 heteroatoms. The average molecular weight is 261 g/mol. The summed E-state index contributed by atoms with van der Waals surface area (Å²) in [6, 6.07) is 3.65. The molecule has 0 atom stereocenters. The van der Waals surface area contributed by atoms with Gasteiger partial charge in [-0.25, -0.2) is 0 Å². The molecule has 0 amide bonds. The van der Waals surface area contributed by atoms with Crippen molar-refractivity contribution in [1.82, 2.24) is 10.1 Å². The standard InChI is InChI=1S/C14H19N3O2/c15-10-14(7-3-1-2-4-8-14)13-16-12(17-19-13)11-6-5-9-18-11/h5-6,9H,1-4,7-8,10,15H2. The Kier molecular flexibility index (Phi) is 3.38. The monoisotopic (exact) mass is 261 g/mol. The zero-order chi connectivity index (χ0) is 13.1. The smallest absolute Gasteiger partial charge is 0.238 e. The van der Waals surface area contributed by atoms with Crippen molar-refractivity contribution in [3.05, 3.63) is 24.3 Å². The normalized spacial score (nSPS) is 19.2. The largest absolute Gasteiger partial charge is 0.461 e. The second kappa shape index (κ2) is 5.17. The van der Waals surface area contributed by atoms with E-state index in [1.165, 1.54) is 25.7 Å². The summed E-state index contributed by atoms with van der Waals surface area (Å²) in [5, 5.41) is 4.02. The summed E-state index contributed by atoms with van der Waals surface area (Å²) in [5.41, 5.74) is 5.87. The van der Waals surface area contributed by atoms with Crippen LogP contribution < -0.4 is 5.73 Å². The molecule has 102 valence electrons. The molecule has 0 bridgehead atoms. The van der Waals surface area contributed by atoms with Gasteiger partial charge in [0.15, 0.2) is 5.76 Å². The molecule has 0 saturated heterocycles. The Hall–Kier alpha value is -1.62. The molecule has 3 rings (SSSR count). The molecule has 2 N–H and O–H groups in total. The molecule has 2 heterocycles. The number of aromatic nitrogens is 2. The van der Waals surface area contributed by atoms with Crippen LogP contribution in [0.15, 0.2) is 27.3 Å². The van der Waals surface area contributed by atoms with Crippen molar-refractivity contribution < 1.29 is 8.94 Å². The maximum absolute atomic E-state index is 6.02. The number of hydrogen-bond donors (Lipinski definition) is 1. The van der Waals surface area contributed by atoms with Crippen LogP contribution in [0.2, 0.25) is 0 Å². The Morgan fingerprint density at radius 3 is 2.63 bits per heavy atom. The topological polar surface area (TPSA) is 78.1 Å². The Morgan fingerprint density at radius 2 is 2.00 bits per heavy atom. The first kappa shape index (κ1) is 12.4. The van der Waals surface area contributed by atoms with Gasteiger partial charge in [0.05, 0.1) is 11.7 Å². The highest BCUT2D eigenvalue weighted by Crippen LogP contribution is 2.37. The van der Waals surface area contributed by atoms with Gasteiger partial charge in [0.2, 0.25) is 11.7 Å². The molecule has 0 aromatic carbocycles. The van der Waals surface area contributed by atoms with E-state index in [0.29, 0.717) is 24.0 Å². The quantitative estimate of drug-likeness (QED) is 0.859. The molecular formula is C14H19N3O2. The Labute approximate surface area is 112 Å². The lowest BCUT2D eigenvalue weighted by atomic mass is 9.80. The van der Waals surface area contributed by atoms with Gasteiger partial charge < -0.3 is 14.7 Å². The molecule has 0 aliphatic heterocycles. The predicted molar refractivity (Wildman–Crippen MR) is 70.4 cm³/mol. The summed E-state index contributed by atoms with van der Waals surface area (Å²) in [5.74, 6) is 1.82. The summed E-state index contributed by atoms with van der Waals surface area (Å²) in [4.78, 5) is 4.51. The van der Waals surface area contributed by atoms with E-state index >= 15 is 0 Å². The molecule has 5 nitrogen and oxygen atoms in total. The van der Waals surface area contributed by atoms with E-state index in [0.717, 1.165) is 12.8 Å². The number of nitrogens with two attached hydrogens (primary N) is 1. The first-order valence-electron chi connectivity index (χ1n) is 6.92. The van der Waals surface area contributed by atoms with Gasteiger partial charge in [0.25, 0.3) is 0 Å². The third kappa shape index (κ3) is 2.30. The van der Waals surface area contributed by atoms with Gasteiger partial charge in [0.1, 0.15) is 0 Å². The van der Waals surface area contributed by atoms with E-state index in [2.05, 4.69) is 10.1 Å². The highest BCUT2D eigenvalue weighted by Gasteiger charge is 2.37. The fraction of sp³-hybridized carbons (Fsp3) is 0.571. The van der Waals surface area contributed by atoms with Crippen molar-refractivity contribution >= 4 is 0 Å².